The number of nitrogens with one attached hydrogen (secondary N) is 1. The van der Waals surface area contributed by atoms with Crippen molar-refractivity contribution in [3.63, 3.8) is 0 Å². The lowest BCUT2D eigenvalue weighted by atomic mass is 10.1. The number of rotatable bonds is 9. The number of halogens is 1. The summed E-state index contributed by atoms with van der Waals surface area (Å²) in [5.41, 5.74) is 1.51. The number of carbonyl (C=O) groups is 2. The van der Waals surface area contributed by atoms with Gasteiger partial charge in [0.15, 0.2) is 0 Å². The van der Waals surface area contributed by atoms with Crippen LogP contribution in [-0.4, -0.2) is 31.6 Å². The third-order valence-corrected chi connectivity index (χ3v) is 3.58. The Morgan fingerprint density at radius 3 is 2.35 bits per heavy atom. The molecule has 0 saturated carbocycles. The van der Waals surface area contributed by atoms with Gasteiger partial charge in [-0.3, -0.25) is 4.79 Å². The maximum Gasteiger partial charge on any atom is 0.338 e. The first-order valence-electron chi connectivity index (χ1n) is 8.43. The van der Waals surface area contributed by atoms with Crippen LogP contribution in [0, 0.1) is 5.82 Å². The maximum atomic E-state index is 12.8. The molecule has 1 N–H and O–H groups in total. The molecule has 2 aromatic carbocycles. The lowest BCUT2D eigenvalue weighted by molar-refractivity contribution is -0.118. The van der Waals surface area contributed by atoms with Gasteiger partial charge in [0.2, 0.25) is 5.91 Å². The lowest BCUT2D eigenvalue weighted by Gasteiger charge is -2.08. The summed E-state index contributed by atoms with van der Waals surface area (Å²) in [4.78, 5) is 22.8. The largest absolute Gasteiger partial charge is 0.493 e. The van der Waals surface area contributed by atoms with Crippen molar-refractivity contribution in [2.75, 3.05) is 19.8 Å². The first kappa shape index (κ1) is 19.4. The molecular formula is C20H22FNO4. The fourth-order valence-corrected chi connectivity index (χ4v) is 2.22. The molecule has 0 aromatic heterocycles. The molecule has 2 aromatic rings. The fourth-order valence-electron chi connectivity index (χ4n) is 2.22. The molecule has 0 radical (unpaired) electrons. The van der Waals surface area contributed by atoms with Crippen molar-refractivity contribution in [2.24, 2.45) is 0 Å². The molecule has 1 amide bonds. The van der Waals surface area contributed by atoms with Crippen molar-refractivity contribution in [2.45, 2.75) is 19.8 Å². The molecule has 0 aliphatic carbocycles. The summed E-state index contributed by atoms with van der Waals surface area (Å²) in [7, 11) is 0. The molecule has 0 spiro atoms. The molecule has 0 bridgehead atoms. The summed E-state index contributed by atoms with van der Waals surface area (Å²) in [6.07, 6.45) is 1.24. The minimum atomic E-state index is -0.389. The normalized spacial score (nSPS) is 10.2. The van der Waals surface area contributed by atoms with Gasteiger partial charge in [0.25, 0.3) is 0 Å². The number of carbonyl (C=O) groups excluding carboxylic acids is 2. The Hall–Kier alpha value is -2.89. The minimum absolute atomic E-state index is 0.0615. The van der Waals surface area contributed by atoms with E-state index in [2.05, 4.69) is 5.32 Å². The van der Waals surface area contributed by atoms with Crippen LogP contribution in [0.25, 0.3) is 0 Å². The van der Waals surface area contributed by atoms with Crippen LogP contribution in [0.15, 0.2) is 48.5 Å². The Bertz CT molecular complexity index is 714. The molecule has 2 rings (SSSR count). The van der Waals surface area contributed by atoms with Crippen molar-refractivity contribution in [1.29, 1.82) is 0 Å². The number of benzene rings is 2. The first-order valence-corrected chi connectivity index (χ1v) is 8.43. The quantitative estimate of drug-likeness (QED) is 0.552. The highest BCUT2D eigenvalue weighted by Crippen LogP contribution is 2.11. The van der Waals surface area contributed by atoms with Crippen LogP contribution in [0.3, 0.4) is 0 Å². The summed E-state index contributed by atoms with van der Waals surface area (Å²) >= 11 is 0. The number of hydrogen-bond donors (Lipinski definition) is 1. The second kappa shape index (κ2) is 10.2. The smallest absolute Gasteiger partial charge is 0.338 e. The molecule has 6 heteroatoms. The fraction of sp³-hybridized carbons (Fsp3) is 0.300. The van der Waals surface area contributed by atoms with E-state index in [1.54, 1.807) is 24.3 Å². The van der Waals surface area contributed by atoms with Crippen LogP contribution in [0.1, 0.15) is 29.3 Å². The van der Waals surface area contributed by atoms with Gasteiger partial charge >= 0.3 is 5.97 Å². The zero-order valence-corrected chi connectivity index (χ0v) is 14.7. The molecule has 26 heavy (non-hydrogen) atoms. The predicted octanol–water partition coefficient (Wildman–Crippen LogP) is 3.13. The summed E-state index contributed by atoms with van der Waals surface area (Å²) in [6.45, 7) is 2.66. The van der Waals surface area contributed by atoms with E-state index in [1.807, 2.05) is 12.1 Å². The number of esters is 1. The van der Waals surface area contributed by atoms with Crippen LogP contribution in [0.2, 0.25) is 0 Å². The highest BCUT2D eigenvalue weighted by atomic mass is 19.1. The second-order valence-electron chi connectivity index (χ2n) is 5.72. The third kappa shape index (κ3) is 6.93. The van der Waals surface area contributed by atoms with E-state index in [0.29, 0.717) is 37.3 Å². The second-order valence-corrected chi connectivity index (χ2v) is 5.72. The number of hydrogen-bond acceptors (Lipinski definition) is 4. The van der Waals surface area contributed by atoms with E-state index in [1.165, 1.54) is 19.1 Å². The van der Waals surface area contributed by atoms with E-state index in [0.717, 1.165) is 5.56 Å². The average Bonchev–Trinajstić information content (AvgIpc) is 2.63. The zero-order chi connectivity index (χ0) is 18.8. The summed E-state index contributed by atoms with van der Waals surface area (Å²) in [5.74, 6) is -0.186. The maximum absolute atomic E-state index is 12.8. The van der Waals surface area contributed by atoms with E-state index in [9.17, 15) is 14.0 Å². The molecule has 5 nitrogen and oxygen atoms in total. The highest BCUT2D eigenvalue weighted by molar-refractivity contribution is 5.89. The van der Waals surface area contributed by atoms with E-state index >= 15 is 0 Å². The molecule has 0 unspecified atom stereocenters. The molecule has 0 heterocycles. The Morgan fingerprint density at radius 1 is 1.00 bits per heavy atom. The predicted molar refractivity (Wildman–Crippen MR) is 95.6 cm³/mol. The minimum Gasteiger partial charge on any atom is -0.493 e. The van der Waals surface area contributed by atoms with Crippen molar-refractivity contribution in [1.82, 2.24) is 5.32 Å². The van der Waals surface area contributed by atoms with Crippen LogP contribution in [0.4, 0.5) is 4.39 Å². The lowest BCUT2D eigenvalue weighted by Crippen LogP contribution is -2.22. The van der Waals surface area contributed by atoms with Gasteiger partial charge < -0.3 is 14.8 Å². The van der Waals surface area contributed by atoms with Gasteiger partial charge in [0.05, 0.1) is 18.8 Å². The Morgan fingerprint density at radius 2 is 1.69 bits per heavy atom. The van der Waals surface area contributed by atoms with Gasteiger partial charge in [-0.1, -0.05) is 12.1 Å². The first-order chi connectivity index (χ1) is 12.5. The molecule has 138 valence electrons. The third-order valence-electron chi connectivity index (χ3n) is 3.58. The Kier molecular flexibility index (Phi) is 7.61. The van der Waals surface area contributed by atoms with Gasteiger partial charge in [-0.2, -0.15) is 0 Å². The zero-order valence-electron chi connectivity index (χ0n) is 14.7. The van der Waals surface area contributed by atoms with Crippen LogP contribution < -0.4 is 10.1 Å². The summed E-state index contributed by atoms with van der Waals surface area (Å²) in [5, 5.41) is 2.72. The molecule has 0 atom stereocenters. The number of amides is 1. The van der Waals surface area contributed by atoms with Crippen molar-refractivity contribution in [3.05, 3.63) is 65.5 Å². The Balaban J connectivity index is 1.65. The van der Waals surface area contributed by atoms with E-state index < -0.39 is 0 Å². The van der Waals surface area contributed by atoms with E-state index in [4.69, 9.17) is 9.47 Å². The van der Waals surface area contributed by atoms with Gasteiger partial charge in [-0.15, -0.1) is 0 Å². The molecule has 0 aliphatic heterocycles. The van der Waals surface area contributed by atoms with Crippen molar-refractivity contribution < 1.29 is 23.5 Å². The SMILES string of the molecule is CC(=O)NCCc1ccc(C(=O)OCCCOc2ccc(F)cc2)cc1. The standard InChI is InChI=1S/C20H22FNO4/c1-15(23)22-12-11-16-3-5-17(6-4-16)20(24)26-14-2-13-25-19-9-7-18(21)8-10-19/h3-10H,2,11-14H2,1H3,(H,22,23). The van der Waals surface area contributed by atoms with Gasteiger partial charge in [0.1, 0.15) is 11.6 Å². The van der Waals surface area contributed by atoms with E-state index in [-0.39, 0.29) is 24.3 Å². The molecule has 0 fully saturated rings. The average molecular weight is 359 g/mol. The van der Waals surface area contributed by atoms with Crippen molar-refractivity contribution >= 4 is 11.9 Å². The molecular weight excluding hydrogens is 337 g/mol. The number of ether oxygens (including phenoxy) is 2. The van der Waals surface area contributed by atoms with Crippen LogP contribution >= 0.6 is 0 Å². The van der Waals surface area contributed by atoms with Crippen LogP contribution in [-0.2, 0) is 16.0 Å². The van der Waals surface area contributed by atoms with Gasteiger partial charge in [-0.05, 0) is 48.4 Å². The van der Waals surface area contributed by atoms with Gasteiger partial charge in [0, 0.05) is 19.9 Å². The highest BCUT2D eigenvalue weighted by Gasteiger charge is 2.07. The van der Waals surface area contributed by atoms with Gasteiger partial charge in [-0.25, -0.2) is 9.18 Å². The summed E-state index contributed by atoms with van der Waals surface area (Å²) < 4.78 is 23.4. The molecule has 0 saturated heterocycles. The summed E-state index contributed by atoms with van der Waals surface area (Å²) in [6, 6.07) is 12.9. The Labute approximate surface area is 152 Å². The van der Waals surface area contributed by atoms with Crippen molar-refractivity contribution in [3.8, 4) is 5.75 Å². The monoisotopic (exact) mass is 359 g/mol. The molecule has 0 aliphatic rings. The van der Waals surface area contributed by atoms with Crippen LogP contribution in [0.5, 0.6) is 5.75 Å². The topological polar surface area (TPSA) is 64.6 Å².